The molecule has 4 heteroatoms. The summed E-state index contributed by atoms with van der Waals surface area (Å²) in [6, 6.07) is 5.41. The van der Waals surface area contributed by atoms with Gasteiger partial charge in [-0.1, -0.05) is 24.3 Å². The number of nitrogens with two attached hydrogens (primary N) is 1. The number of ether oxygens (including phenoxy) is 1. The zero-order chi connectivity index (χ0) is 12.8. The van der Waals surface area contributed by atoms with Crippen LogP contribution in [-0.4, -0.2) is 19.0 Å². The van der Waals surface area contributed by atoms with E-state index in [1.807, 2.05) is 19.1 Å². The fourth-order valence-electron chi connectivity index (χ4n) is 1.38. The van der Waals surface area contributed by atoms with E-state index in [2.05, 4.69) is 4.74 Å². The summed E-state index contributed by atoms with van der Waals surface area (Å²) in [6.07, 6.45) is 3.59. The largest absolute Gasteiger partial charge is 0.465 e. The molecule has 17 heavy (non-hydrogen) atoms. The fraction of sp³-hybridized carbons (Fsp3) is 0.231. The van der Waals surface area contributed by atoms with Crippen molar-refractivity contribution in [1.82, 2.24) is 0 Å². The van der Waals surface area contributed by atoms with Crippen LogP contribution in [0.25, 0.3) is 6.08 Å². The van der Waals surface area contributed by atoms with E-state index in [1.54, 1.807) is 18.2 Å². The molecule has 0 atom stereocenters. The van der Waals surface area contributed by atoms with E-state index in [4.69, 9.17) is 5.73 Å². The summed E-state index contributed by atoms with van der Waals surface area (Å²) in [5, 5.41) is 0. The molecule has 0 saturated carbocycles. The van der Waals surface area contributed by atoms with Crippen LogP contribution in [-0.2, 0) is 9.53 Å². The van der Waals surface area contributed by atoms with Crippen molar-refractivity contribution in [2.24, 2.45) is 5.73 Å². The second kappa shape index (κ2) is 5.84. The highest BCUT2D eigenvalue weighted by atomic mass is 16.5. The Labute approximate surface area is 100 Å². The Morgan fingerprint density at radius 2 is 2.12 bits per heavy atom. The molecule has 0 spiro atoms. The molecule has 0 aliphatic rings. The highest BCUT2D eigenvalue weighted by Gasteiger charge is 2.08. The Bertz CT molecular complexity index is 464. The minimum absolute atomic E-state index is 0.182. The maximum absolute atomic E-state index is 11.4. The number of hydrogen-bond acceptors (Lipinski definition) is 3. The normalized spacial score (nSPS) is 10.5. The summed E-state index contributed by atoms with van der Waals surface area (Å²) in [6.45, 7) is 1.84. The van der Waals surface area contributed by atoms with Gasteiger partial charge < -0.3 is 10.5 Å². The van der Waals surface area contributed by atoms with Gasteiger partial charge in [-0.3, -0.25) is 4.79 Å². The lowest BCUT2D eigenvalue weighted by atomic mass is 10.0. The van der Waals surface area contributed by atoms with Gasteiger partial charge in [0.05, 0.1) is 12.7 Å². The van der Waals surface area contributed by atoms with E-state index in [0.29, 0.717) is 5.56 Å². The number of methoxy groups -OCH3 is 1. The zero-order valence-corrected chi connectivity index (χ0v) is 9.90. The molecule has 0 saturated heterocycles. The number of rotatable bonds is 4. The number of esters is 1. The summed E-state index contributed by atoms with van der Waals surface area (Å²) in [7, 11) is 1.34. The first kappa shape index (κ1) is 13.0. The first-order chi connectivity index (χ1) is 8.04. The molecule has 4 nitrogen and oxygen atoms in total. The van der Waals surface area contributed by atoms with E-state index >= 15 is 0 Å². The van der Waals surface area contributed by atoms with Crippen LogP contribution in [0.15, 0.2) is 24.3 Å². The summed E-state index contributed by atoms with van der Waals surface area (Å²) in [4.78, 5) is 22.0. The lowest BCUT2D eigenvalue weighted by molar-refractivity contribution is -0.117. The predicted molar refractivity (Wildman–Crippen MR) is 65.4 cm³/mol. The van der Waals surface area contributed by atoms with Gasteiger partial charge in [0, 0.05) is 6.42 Å². The number of hydrogen-bond donors (Lipinski definition) is 1. The van der Waals surface area contributed by atoms with Crippen LogP contribution >= 0.6 is 0 Å². The van der Waals surface area contributed by atoms with E-state index in [0.717, 1.165) is 11.1 Å². The summed E-state index contributed by atoms with van der Waals surface area (Å²) >= 11 is 0. The Balaban J connectivity index is 2.92. The van der Waals surface area contributed by atoms with Gasteiger partial charge in [0.2, 0.25) is 5.91 Å². The van der Waals surface area contributed by atoms with E-state index in [9.17, 15) is 9.59 Å². The van der Waals surface area contributed by atoms with Crippen LogP contribution in [0.2, 0.25) is 0 Å². The van der Waals surface area contributed by atoms with Gasteiger partial charge in [-0.15, -0.1) is 0 Å². The lowest BCUT2D eigenvalue weighted by Crippen LogP contribution is -2.08. The number of benzene rings is 1. The van der Waals surface area contributed by atoms with Crippen molar-refractivity contribution in [1.29, 1.82) is 0 Å². The molecule has 0 fully saturated rings. The van der Waals surface area contributed by atoms with Crippen LogP contribution < -0.4 is 5.73 Å². The third-order valence-electron chi connectivity index (χ3n) is 2.30. The highest BCUT2D eigenvalue weighted by Crippen LogP contribution is 2.13. The molecule has 90 valence electrons. The first-order valence-corrected chi connectivity index (χ1v) is 5.18. The van der Waals surface area contributed by atoms with Crippen molar-refractivity contribution in [3.8, 4) is 0 Å². The standard InChI is InChI=1S/C13H15NO3/c1-9-6-7-10(4-3-5-12(14)15)8-11(9)13(16)17-2/h3-4,6-8H,5H2,1-2H3,(H2,14,15). The molecule has 1 aromatic carbocycles. The van der Waals surface area contributed by atoms with Crippen molar-refractivity contribution >= 4 is 18.0 Å². The van der Waals surface area contributed by atoms with Gasteiger partial charge in [-0.05, 0) is 24.1 Å². The van der Waals surface area contributed by atoms with Gasteiger partial charge >= 0.3 is 5.97 Å². The third kappa shape index (κ3) is 3.75. The van der Waals surface area contributed by atoms with Gasteiger partial charge in [-0.25, -0.2) is 4.79 Å². The smallest absolute Gasteiger partial charge is 0.338 e. The predicted octanol–water partition coefficient (Wildman–Crippen LogP) is 1.67. The molecule has 0 heterocycles. The second-order valence-corrected chi connectivity index (χ2v) is 3.64. The van der Waals surface area contributed by atoms with Crippen molar-refractivity contribution < 1.29 is 14.3 Å². The first-order valence-electron chi connectivity index (χ1n) is 5.18. The Hall–Kier alpha value is -2.10. The van der Waals surface area contributed by atoms with Crippen molar-refractivity contribution in [3.05, 3.63) is 41.0 Å². The zero-order valence-electron chi connectivity index (χ0n) is 9.90. The van der Waals surface area contributed by atoms with Crippen LogP contribution in [0.3, 0.4) is 0 Å². The molecular formula is C13H15NO3. The topological polar surface area (TPSA) is 69.4 Å². The molecule has 0 aliphatic carbocycles. The molecular weight excluding hydrogens is 218 g/mol. The number of aryl methyl sites for hydroxylation is 1. The maximum atomic E-state index is 11.4. The average Bonchev–Trinajstić information content (AvgIpc) is 2.30. The minimum atomic E-state index is -0.387. The summed E-state index contributed by atoms with van der Waals surface area (Å²) < 4.78 is 4.68. The van der Waals surface area contributed by atoms with E-state index < -0.39 is 0 Å². The van der Waals surface area contributed by atoms with Crippen LogP contribution in [0.5, 0.6) is 0 Å². The molecule has 1 amide bonds. The molecule has 1 aromatic rings. The number of carbonyl (C=O) groups is 2. The minimum Gasteiger partial charge on any atom is -0.465 e. The Morgan fingerprint density at radius 3 is 2.71 bits per heavy atom. The fourth-order valence-corrected chi connectivity index (χ4v) is 1.38. The van der Waals surface area contributed by atoms with Crippen molar-refractivity contribution in [3.63, 3.8) is 0 Å². The van der Waals surface area contributed by atoms with E-state index in [1.165, 1.54) is 7.11 Å². The lowest BCUT2D eigenvalue weighted by Gasteiger charge is -2.04. The number of primary amides is 1. The second-order valence-electron chi connectivity index (χ2n) is 3.64. The molecule has 0 unspecified atom stereocenters. The number of carbonyl (C=O) groups excluding carboxylic acids is 2. The molecule has 2 N–H and O–H groups in total. The van der Waals surface area contributed by atoms with Gasteiger partial charge in [-0.2, -0.15) is 0 Å². The molecule has 0 aromatic heterocycles. The molecule has 0 aliphatic heterocycles. The molecule has 1 rings (SSSR count). The van der Waals surface area contributed by atoms with Gasteiger partial charge in [0.15, 0.2) is 0 Å². The Morgan fingerprint density at radius 1 is 1.41 bits per heavy atom. The third-order valence-corrected chi connectivity index (χ3v) is 2.30. The monoisotopic (exact) mass is 233 g/mol. The number of amides is 1. The molecule has 0 radical (unpaired) electrons. The highest BCUT2D eigenvalue weighted by molar-refractivity contribution is 5.91. The molecule has 0 bridgehead atoms. The SMILES string of the molecule is COC(=O)c1cc(C=CCC(N)=O)ccc1C. The quantitative estimate of drug-likeness (QED) is 0.804. The van der Waals surface area contributed by atoms with Gasteiger partial charge in [0.1, 0.15) is 0 Å². The average molecular weight is 233 g/mol. The van der Waals surface area contributed by atoms with Crippen molar-refractivity contribution in [2.75, 3.05) is 7.11 Å². The van der Waals surface area contributed by atoms with E-state index in [-0.39, 0.29) is 18.3 Å². The van der Waals surface area contributed by atoms with Crippen LogP contribution in [0.1, 0.15) is 27.9 Å². The van der Waals surface area contributed by atoms with Crippen LogP contribution in [0, 0.1) is 6.92 Å². The summed E-state index contributed by atoms with van der Waals surface area (Å²) in [5.74, 6) is -0.755. The van der Waals surface area contributed by atoms with Crippen molar-refractivity contribution in [2.45, 2.75) is 13.3 Å². The van der Waals surface area contributed by atoms with Gasteiger partial charge in [0.25, 0.3) is 0 Å². The Kier molecular flexibility index (Phi) is 4.46. The summed E-state index contributed by atoms with van der Waals surface area (Å²) in [5.41, 5.74) is 7.22. The maximum Gasteiger partial charge on any atom is 0.338 e. The van der Waals surface area contributed by atoms with Crippen LogP contribution in [0.4, 0.5) is 0 Å².